The first kappa shape index (κ1) is 10.5. The average molecular weight is 229 g/mol. The number of nitrogens with zero attached hydrogens (tertiary/aromatic N) is 5. The molecule has 2 heterocycles. The SMILES string of the molecule is Cc1cnc(Sc2nccnc2C#N)nc1. The third-order valence-corrected chi connectivity index (χ3v) is 2.60. The van der Waals surface area contributed by atoms with Crippen molar-refractivity contribution in [3.63, 3.8) is 0 Å². The van der Waals surface area contributed by atoms with Gasteiger partial charge in [-0.15, -0.1) is 0 Å². The fourth-order valence-electron chi connectivity index (χ4n) is 0.997. The Labute approximate surface area is 96.6 Å². The van der Waals surface area contributed by atoms with Gasteiger partial charge in [-0.1, -0.05) is 0 Å². The quantitative estimate of drug-likeness (QED) is 0.728. The van der Waals surface area contributed by atoms with Crippen molar-refractivity contribution in [3.05, 3.63) is 36.0 Å². The Morgan fingerprint density at radius 2 is 1.81 bits per heavy atom. The monoisotopic (exact) mass is 229 g/mol. The zero-order chi connectivity index (χ0) is 11.4. The molecular weight excluding hydrogens is 222 g/mol. The Kier molecular flexibility index (Phi) is 3.08. The van der Waals surface area contributed by atoms with E-state index in [1.54, 1.807) is 12.4 Å². The van der Waals surface area contributed by atoms with E-state index in [4.69, 9.17) is 5.26 Å². The molecule has 0 unspecified atom stereocenters. The summed E-state index contributed by atoms with van der Waals surface area (Å²) in [5.74, 6) is 0. The van der Waals surface area contributed by atoms with Crippen LogP contribution >= 0.6 is 11.8 Å². The van der Waals surface area contributed by atoms with E-state index in [0.29, 0.717) is 10.2 Å². The lowest BCUT2D eigenvalue weighted by Gasteiger charge is -1.99. The molecule has 0 aliphatic rings. The molecule has 0 fully saturated rings. The first-order chi connectivity index (χ1) is 7.79. The molecule has 16 heavy (non-hydrogen) atoms. The zero-order valence-electron chi connectivity index (χ0n) is 8.45. The van der Waals surface area contributed by atoms with Crippen LogP contribution in [-0.4, -0.2) is 19.9 Å². The maximum absolute atomic E-state index is 8.83. The summed E-state index contributed by atoms with van der Waals surface area (Å²) in [4.78, 5) is 16.2. The Hall–Kier alpha value is -2.00. The van der Waals surface area contributed by atoms with Gasteiger partial charge < -0.3 is 0 Å². The number of rotatable bonds is 2. The molecule has 0 saturated heterocycles. The van der Waals surface area contributed by atoms with Crippen molar-refractivity contribution in [2.45, 2.75) is 17.1 Å². The van der Waals surface area contributed by atoms with Gasteiger partial charge in [0.1, 0.15) is 11.1 Å². The van der Waals surface area contributed by atoms with E-state index < -0.39 is 0 Å². The highest BCUT2D eigenvalue weighted by molar-refractivity contribution is 7.99. The first-order valence-electron chi connectivity index (χ1n) is 4.47. The fourth-order valence-corrected chi connectivity index (χ4v) is 1.69. The molecule has 2 rings (SSSR count). The zero-order valence-corrected chi connectivity index (χ0v) is 9.27. The number of hydrogen-bond acceptors (Lipinski definition) is 6. The summed E-state index contributed by atoms with van der Waals surface area (Å²) >= 11 is 1.23. The van der Waals surface area contributed by atoms with Crippen molar-refractivity contribution in [1.29, 1.82) is 5.26 Å². The van der Waals surface area contributed by atoms with Gasteiger partial charge in [0.2, 0.25) is 0 Å². The lowest BCUT2D eigenvalue weighted by molar-refractivity contribution is 0.937. The molecule has 0 aliphatic heterocycles. The van der Waals surface area contributed by atoms with E-state index >= 15 is 0 Å². The minimum absolute atomic E-state index is 0.289. The summed E-state index contributed by atoms with van der Waals surface area (Å²) in [6, 6.07) is 1.98. The summed E-state index contributed by atoms with van der Waals surface area (Å²) in [6.45, 7) is 1.91. The van der Waals surface area contributed by atoms with E-state index in [1.807, 2.05) is 13.0 Å². The summed E-state index contributed by atoms with van der Waals surface area (Å²) in [7, 11) is 0. The Morgan fingerprint density at radius 1 is 1.12 bits per heavy atom. The summed E-state index contributed by atoms with van der Waals surface area (Å²) < 4.78 is 0. The second-order valence-electron chi connectivity index (χ2n) is 2.97. The minimum atomic E-state index is 0.289. The van der Waals surface area contributed by atoms with Crippen LogP contribution in [0.3, 0.4) is 0 Å². The maximum atomic E-state index is 8.83. The highest BCUT2D eigenvalue weighted by Gasteiger charge is 2.07. The van der Waals surface area contributed by atoms with Crippen molar-refractivity contribution in [2.24, 2.45) is 0 Å². The molecule has 2 aromatic rings. The molecule has 0 radical (unpaired) electrons. The molecule has 6 heteroatoms. The van der Waals surface area contributed by atoms with Crippen molar-refractivity contribution in [3.8, 4) is 6.07 Å². The predicted octanol–water partition coefficient (Wildman–Crippen LogP) is 1.60. The second-order valence-corrected chi connectivity index (χ2v) is 3.92. The van der Waals surface area contributed by atoms with Gasteiger partial charge in [-0.05, 0) is 24.2 Å². The molecule has 2 aromatic heterocycles. The van der Waals surface area contributed by atoms with Gasteiger partial charge in [0.05, 0.1) is 0 Å². The number of hydrogen-bond donors (Lipinski definition) is 0. The largest absolute Gasteiger partial charge is 0.245 e. The van der Waals surface area contributed by atoms with Crippen molar-refractivity contribution >= 4 is 11.8 Å². The van der Waals surface area contributed by atoms with Gasteiger partial charge in [-0.25, -0.2) is 19.9 Å². The molecule has 0 bridgehead atoms. The van der Waals surface area contributed by atoms with Gasteiger partial charge in [0.15, 0.2) is 10.9 Å². The highest BCUT2D eigenvalue weighted by Crippen LogP contribution is 2.23. The van der Waals surface area contributed by atoms with Crippen molar-refractivity contribution in [1.82, 2.24) is 19.9 Å². The summed E-state index contributed by atoms with van der Waals surface area (Å²) in [5.41, 5.74) is 1.28. The number of aryl methyl sites for hydroxylation is 1. The molecule has 0 spiro atoms. The molecule has 5 nitrogen and oxygen atoms in total. The first-order valence-corrected chi connectivity index (χ1v) is 5.29. The minimum Gasteiger partial charge on any atom is -0.245 e. The van der Waals surface area contributed by atoms with Crippen molar-refractivity contribution in [2.75, 3.05) is 0 Å². The van der Waals surface area contributed by atoms with E-state index in [9.17, 15) is 0 Å². The van der Waals surface area contributed by atoms with E-state index in [1.165, 1.54) is 24.2 Å². The van der Waals surface area contributed by atoms with Crippen LogP contribution in [0.1, 0.15) is 11.3 Å². The highest BCUT2D eigenvalue weighted by atomic mass is 32.2. The lowest BCUT2D eigenvalue weighted by Crippen LogP contribution is -1.92. The van der Waals surface area contributed by atoms with Crippen LogP contribution in [-0.2, 0) is 0 Å². The van der Waals surface area contributed by atoms with Crippen LogP contribution < -0.4 is 0 Å². The standard InChI is InChI=1S/C10H7N5S/c1-7-5-14-10(15-6-7)16-9-8(4-11)12-2-3-13-9/h2-3,5-6H,1H3. The Bertz CT molecular complexity index is 532. The Balaban J connectivity index is 2.27. The summed E-state index contributed by atoms with van der Waals surface area (Å²) in [5, 5.41) is 9.91. The van der Waals surface area contributed by atoms with Gasteiger partial charge in [0.25, 0.3) is 0 Å². The molecule has 0 atom stereocenters. The van der Waals surface area contributed by atoms with E-state index in [0.717, 1.165) is 5.56 Å². The molecule has 0 saturated carbocycles. The lowest BCUT2D eigenvalue weighted by atomic mass is 10.4. The second kappa shape index (κ2) is 4.68. The van der Waals surface area contributed by atoms with Gasteiger partial charge >= 0.3 is 0 Å². The number of aromatic nitrogens is 4. The third-order valence-electron chi connectivity index (χ3n) is 1.72. The van der Waals surface area contributed by atoms with Crippen LogP contribution in [0.15, 0.2) is 35.0 Å². The van der Waals surface area contributed by atoms with Crippen LogP contribution in [0, 0.1) is 18.3 Å². The molecule has 78 valence electrons. The van der Waals surface area contributed by atoms with Crippen LogP contribution in [0.4, 0.5) is 0 Å². The van der Waals surface area contributed by atoms with Gasteiger partial charge in [-0.3, -0.25) is 0 Å². The predicted molar refractivity (Wildman–Crippen MR) is 57.6 cm³/mol. The molecule has 0 amide bonds. The maximum Gasteiger partial charge on any atom is 0.193 e. The van der Waals surface area contributed by atoms with Crippen LogP contribution in [0.2, 0.25) is 0 Å². The van der Waals surface area contributed by atoms with E-state index in [2.05, 4.69) is 19.9 Å². The fraction of sp³-hybridized carbons (Fsp3) is 0.100. The van der Waals surface area contributed by atoms with Crippen LogP contribution in [0.25, 0.3) is 0 Å². The third kappa shape index (κ3) is 2.32. The molecular formula is C10H7N5S. The molecule has 0 aliphatic carbocycles. The normalized spacial score (nSPS) is 9.75. The van der Waals surface area contributed by atoms with Gasteiger partial charge in [-0.2, -0.15) is 5.26 Å². The molecule has 0 N–H and O–H groups in total. The molecule has 0 aromatic carbocycles. The Morgan fingerprint density at radius 3 is 2.50 bits per heavy atom. The topological polar surface area (TPSA) is 75.3 Å². The number of nitriles is 1. The van der Waals surface area contributed by atoms with Crippen LogP contribution in [0.5, 0.6) is 0 Å². The average Bonchev–Trinajstić information content (AvgIpc) is 2.33. The summed E-state index contributed by atoms with van der Waals surface area (Å²) in [6.07, 6.45) is 6.46. The van der Waals surface area contributed by atoms with E-state index in [-0.39, 0.29) is 5.69 Å². The van der Waals surface area contributed by atoms with Gasteiger partial charge in [0, 0.05) is 24.8 Å². The van der Waals surface area contributed by atoms with Crippen molar-refractivity contribution < 1.29 is 0 Å². The smallest absolute Gasteiger partial charge is 0.193 e.